The van der Waals surface area contributed by atoms with Crippen LogP contribution in [0, 0.1) is 0 Å². The van der Waals surface area contributed by atoms with Gasteiger partial charge in [0.25, 0.3) is 0 Å². The number of hydrogen-bond donors (Lipinski definition) is 7. The number of rotatable bonds is 13. The largest absolute Gasteiger partial charge is 0.493 e. The van der Waals surface area contributed by atoms with E-state index in [0.717, 1.165) is 0 Å². The second kappa shape index (κ2) is 14.5. The molecule has 1 fully saturated rings. The van der Waals surface area contributed by atoms with Gasteiger partial charge in [0.1, 0.15) is 30.5 Å². The smallest absolute Gasteiger partial charge is 0.229 e. The number of aliphatic hydroxyl groups excluding tert-OH is 7. The third-order valence-electron chi connectivity index (χ3n) is 6.32. The van der Waals surface area contributed by atoms with E-state index in [1.165, 1.54) is 45.6 Å². The van der Waals surface area contributed by atoms with E-state index in [4.69, 9.17) is 33.5 Å². The maximum Gasteiger partial charge on any atom is 0.229 e. The van der Waals surface area contributed by atoms with Gasteiger partial charge in [-0.2, -0.15) is 0 Å². The Morgan fingerprint density at radius 2 is 1.50 bits per heavy atom. The molecule has 40 heavy (non-hydrogen) atoms. The Kier molecular flexibility index (Phi) is 11.4. The van der Waals surface area contributed by atoms with Crippen LogP contribution in [0.25, 0.3) is 6.08 Å². The van der Waals surface area contributed by atoms with Crippen molar-refractivity contribution in [1.82, 2.24) is 0 Å². The van der Waals surface area contributed by atoms with E-state index < -0.39 is 56.1 Å². The number of ether oxygens (including phenoxy) is 6. The van der Waals surface area contributed by atoms with Gasteiger partial charge in [0.05, 0.1) is 41.2 Å². The van der Waals surface area contributed by atoms with Gasteiger partial charge in [0.15, 0.2) is 29.1 Å². The highest BCUT2D eigenvalue weighted by Crippen LogP contribution is 2.41. The van der Waals surface area contributed by atoms with Gasteiger partial charge in [-0.25, -0.2) is 0 Å². The molecular formula is C27H36O13. The Morgan fingerprint density at radius 1 is 0.850 bits per heavy atom. The van der Waals surface area contributed by atoms with Crippen LogP contribution in [-0.4, -0.2) is 114 Å². The standard InChI is InChI=1S/C27H36O13/c1-35-17-11-15(6-7-16(17)39-27-25(34)24(33)23(32)21(13-30)40-27)22(31)20(12-29)38-26-18(36-2)9-14(5-4-8-28)10-19(26)37-3/h4-7,9-11,20-25,27-34H,8,12-13H2,1-3H3/b5-4-. The Bertz CT molecular complexity index is 1100. The molecule has 3 rings (SSSR count). The number of methoxy groups -OCH3 is 3. The summed E-state index contributed by atoms with van der Waals surface area (Å²) in [6, 6.07) is 7.58. The summed E-state index contributed by atoms with van der Waals surface area (Å²) in [5.41, 5.74) is 0.938. The third kappa shape index (κ3) is 6.95. The zero-order chi connectivity index (χ0) is 29.4. The molecule has 0 aromatic heterocycles. The SMILES string of the molecule is COc1cc(C(O)C(CO)Oc2c(OC)cc(/C=C\CO)cc2OC)ccc1OC1OC(CO)C(O)C(O)C1O. The van der Waals surface area contributed by atoms with Crippen molar-refractivity contribution in [3.8, 4) is 28.7 Å². The fraction of sp³-hybridized carbons (Fsp3) is 0.481. The second-order valence-electron chi connectivity index (χ2n) is 8.85. The van der Waals surface area contributed by atoms with E-state index in [2.05, 4.69) is 0 Å². The summed E-state index contributed by atoms with van der Waals surface area (Å²) in [5, 5.41) is 69.9. The van der Waals surface area contributed by atoms with Crippen molar-refractivity contribution in [2.45, 2.75) is 42.9 Å². The molecule has 7 unspecified atom stereocenters. The summed E-state index contributed by atoms with van der Waals surface area (Å²) in [6.45, 7) is -1.37. The van der Waals surface area contributed by atoms with E-state index in [0.29, 0.717) is 5.56 Å². The van der Waals surface area contributed by atoms with Crippen molar-refractivity contribution in [2.75, 3.05) is 41.2 Å². The summed E-state index contributed by atoms with van der Waals surface area (Å²) in [5.74, 6) is 0.852. The summed E-state index contributed by atoms with van der Waals surface area (Å²) < 4.78 is 33.2. The first-order valence-electron chi connectivity index (χ1n) is 12.4. The fourth-order valence-corrected chi connectivity index (χ4v) is 4.12. The average molecular weight is 569 g/mol. The third-order valence-corrected chi connectivity index (χ3v) is 6.32. The highest BCUT2D eigenvalue weighted by atomic mass is 16.7. The summed E-state index contributed by atoms with van der Waals surface area (Å²) in [4.78, 5) is 0. The van der Waals surface area contributed by atoms with Crippen LogP contribution in [0.15, 0.2) is 36.4 Å². The highest BCUT2D eigenvalue weighted by Gasteiger charge is 2.45. The first-order chi connectivity index (χ1) is 19.2. The van der Waals surface area contributed by atoms with Crippen molar-refractivity contribution in [2.24, 2.45) is 0 Å². The molecule has 7 N–H and O–H groups in total. The molecule has 1 saturated heterocycles. The Balaban J connectivity index is 1.84. The van der Waals surface area contributed by atoms with E-state index >= 15 is 0 Å². The highest BCUT2D eigenvalue weighted by molar-refractivity contribution is 5.62. The molecule has 0 bridgehead atoms. The molecule has 13 heteroatoms. The fourth-order valence-electron chi connectivity index (χ4n) is 4.12. The van der Waals surface area contributed by atoms with Gasteiger partial charge in [-0.1, -0.05) is 18.2 Å². The molecule has 1 aliphatic rings. The molecule has 13 nitrogen and oxygen atoms in total. The molecule has 1 aliphatic heterocycles. The molecule has 0 amide bonds. The van der Waals surface area contributed by atoms with E-state index in [-0.39, 0.29) is 40.9 Å². The van der Waals surface area contributed by atoms with Crippen LogP contribution in [0.3, 0.4) is 0 Å². The van der Waals surface area contributed by atoms with Crippen LogP contribution < -0.4 is 23.7 Å². The maximum absolute atomic E-state index is 11.1. The summed E-state index contributed by atoms with van der Waals surface area (Å²) in [7, 11) is 4.18. The lowest BCUT2D eigenvalue weighted by Crippen LogP contribution is -2.60. The molecule has 7 atom stereocenters. The molecule has 222 valence electrons. The minimum atomic E-state index is -1.63. The van der Waals surface area contributed by atoms with Crippen LogP contribution >= 0.6 is 0 Å². The van der Waals surface area contributed by atoms with Gasteiger partial charge in [0.2, 0.25) is 12.0 Å². The van der Waals surface area contributed by atoms with Crippen molar-refractivity contribution in [3.05, 3.63) is 47.5 Å². The zero-order valence-corrected chi connectivity index (χ0v) is 22.3. The number of aliphatic hydroxyl groups is 7. The van der Waals surface area contributed by atoms with Crippen molar-refractivity contribution >= 4 is 6.08 Å². The van der Waals surface area contributed by atoms with Gasteiger partial charge in [-0.05, 0) is 35.4 Å². The summed E-state index contributed by atoms with van der Waals surface area (Å²) in [6.07, 6.45) is -6.75. The maximum atomic E-state index is 11.1. The Morgan fingerprint density at radius 3 is 2.05 bits per heavy atom. The monoisotopic (exact) mass is 568 g/mol. The Labute approximate surface area is 231 Å². The Hall–Kier alpha value is -3.14. The molecule has 0 spiro atoms. The lowest BCUT2D eigenvalue weighted by atomic mass is 9.99. The molecule has 2 aromatic carbocycles. The lowest BCUT2D eigenvalue weighted by Gasteiger charge is -2.39. The molecule has 0 saturated carbocycles. The van der Waals surface area contributed by atoms with Gasteiger partial charge in [-0.3, -0.25) is 0 Å². The van der Waals surface area contributed by atoms with Gasteiger partial charge < -0.3 is 64.2 Å². The zero-order valence-electron chi connectivity index (χ0n) is 22.3. The predicted molar refractivity (Wildman–Crippen MR) is 140 cm³/mol. The molecule has 0 aliphatic carbocycles. The van der Waals surface area contributed by atoms with Crippen molar-refractivity contribution in [3.63, 3.8) is 0 Å². The van der Waals surface area contributed by atoms with Crippen LogP contribution in [0.4, 0.5) is 0 Å². The minimum absolute atomic E-state index is 0.0686. The van der Waals surface area contributed by atoms with Crippen LogP contribution in [-0.2, 0) is 4.74 Å². The first-order valence-corrected chi connectivity index (χ1v) is 12.4. The topological polar surface area (TPSA) is 197 Å². The lowest BCUT2D eigenvalue weighted by molar-refractivity contribution is -0.277. The quantitative estimate of drug-likeness (QED) is 0.161. The minimum Gasteiger partial charge on any atom is -0.493 e. The van der Waals surface area contributed by atoms with E-state index in [1.807, 2.05) is 0 Å². The summed E-state index contributed by atoms with van der Waals surface area (Å²) >= 11 is 0. The van der Waals surface area contributed by atoms with Crippen molar-refractivity contribution < 1.29 is 64.2 Å². The molecule has 1 heterocycles. The van der Waals surface area contributed by atoms with Crippen LogP contribution in [0.5, 0.6) is 28.7 Å². The van der Waals surface area contributed by atoms with E-state index in [1.54, 1.807) is 18.2 Å². The predicted octanol–water partition coefficient (Wildman–Crippen LogP) is -0.630. The second-order valence-corrected chi connectivity index (χ2v) is 8.85. The van der Waals surface area contributed by atoms with E-state index in [9.17, 15) is 30.6 Å². The average Bonchev–Trinajstić information content (AvgIpc) is 2.98. The number of hydrogen-bond acceptors (Lipinski definition) is 13. The molecule has 0 radical (unpaired) electrons. The first kappa shape index (κ1) is 31.4. The van der Waals surface area contributed by atoms with Gasteiger partial charge >= 0.3 is 0 Å². The molecule has 2 aromatic rings. The van der Waals surface area contributed by atoms with Gasteiger partial charge in [-0.15, -0.1) is 0 Å². The normalized spacial score (nSPS) is 24.4. The van der Waals surface area contributed by atoms with Crippen LogP contribution in [0.1, 0.15) is 17.2 Å². The van der Waals surface area contributed by atoms with Gasteiger partial charge in [0, 0.05) is 0 Å². The van der Waals surface area contributed by atoms with Crippen LogP contribution in [0.2, 0.25) is 0 Å². The van der Waals surface area contributed by atoms with Crippen molar-refractivity contribution in [1.29, 1.82) is 0 Å². The molecular weight excluding hydrogens is 532 g/mol. The number of benzene rings is 2.